The summed E-state index contributed by atoms with van der Waals surface area (Å²) >= 11 is 6.17. The maximum Gasteiger partial charge on any atom is 0.315 e. The van der Waals surface area contributed by atoms with Crippen LogP contribution in [0.2, 0.25) is 5.02 Å². The molecule has 1 heterocycles. The van der Waals surface area contributed by atoms with E-state index in [9.17, 15) is 4.79 Å². The highest BCUT2D eigenvalue weighted by atomic mass is 35.5. The Hall–Kier alpha value is -3.66. The van der Waals surface area contributed by atoms with Crippen molar-refractivity contribution in [2.24, 2.45) is 0 Å². The number of halogens is 1. The summed E-state index contributed by atoms with van der Waals surface area (Å²) in [6.45, 7) is 6.68. The average Bonchev–Trinajstić information content (AvgIpc) is 3.05. The van der Waals surface area contributed by atoms with E-state index in [-0.39, 0.29) is 11.9 Å². The van der Waals surface area contributed by atoms with Crippen LogP contribution < -0.4 is 14.8 Å². The normalized spacial score (nSPS) is 15.8. The maximum atomic E-state index is 12.4. The summed E-state index contributed by atoms with van der Waals surface area (Å²) in [6.07, 6.45) is 6.96. The molecule has 1 aliphatic rings. The predicted octanol–water partition coefficient (Wildman–Crippen LogP) is 5.79. The van der Waals surface area contributed by atoms with Crippen LogP contribution in [0.25, 0.3) is 6.08 Å². The van der Waals surface area contributed by atoms with Gasteiger partial charge in [-0.3, -0.25) is 14.6 Å². The van der Waals surface area contributed by atoms with Crippen molar-refractivity contribution in [3.05, 3.63) is 113 Å². The minimum atomic E-state index is -0.812. The summed E-state index contributed by atoms with van der Waals surface area (Å²) in [5.74, 6) is 0.943. The van der Waals surface area contributed by atoms with E-state index < -0.39 is 6.48 Å². The largest absolute Gasteiger partial charge is 0.493 e. The van der Waals surface area contributed by atoms with Gasteiger partial charge >= 0.3 is 6.48 Å². The van der Waals surface area contributed by atoms with Gasteiger partial charge in [-0.15, -0.1) is 0 Å². The van der Waals surface area contributed by atoms with E-state index >= 15 is 0 Å². The Morgan fingerprint density at radius 2 is 1.66 bits per heavy atom. The first-order valence-electron chi connectivity index (χ1n) is 14.9. The fourth-order valence-corrected chi connectivity index (χ4v) is 5.25. The van der Waals surface area contributed by atoms with Gasteiger partial charge in [-0.05, 0) is 47.9 Å². The quantitative estimate of drug-likeness (QED) is 0.131. The molecule has 8 nitrogen and oxygen atoms in total. The van der Waals surface area contributed by atoms with Crippen LogP contribution in [0.15, 0.2) is 91.0 Å². The van der Waals surface area contributed by atoms with Gasteiger partial charge < -0.3 is 24.3 Å². The number of rotatable bonds is 15. The minimum absolute atomic E-state index is 0.122. The molecular formula is C35H42ClN3O5. The molecule has 2 unspecified atom stereocenters. The molecule has 9 heteroatoms. The second-order valence-electron chi connectivity index (χ2n) is 10.3. The molecule has 0 bridgehead atoms. The number of nitrogens with zero attached hydrogens (tertiary/aromatic N) is 2. The van der Waals surface area contributed by atoms with Gasteiger partial charge in [0.05, 0.1) is 19.8 Å². The van der Waals surface area contributed by atoms with Crippen LogP contribution in [0.1, 0.15) is 29.7 Å². The minimum Gasteiger partial charge on any atom is -0.493 e. The Morgan fingerprint density at radius 1 is 0.932 bits per heavy atom. The van der Waals surface area contributed by atoms with E-state index in [0.717, 1.165) is 43.3 Å². The molecule has 1 amide bonds. The molecule has 1 aliphatic heterocycles. The van der Waals surface area contributed by atoms with Crippen molar-refractivity contribution in [1.82, 2.24) is 15.1 Å². The number of amides is 1. The Bertz CT molecular complexity index is 1360. The topological polar surface area (TPSA) is 72.5 Å². The zero-order valence-corrected chi connectivity index (χ0v) is 26.4. The molecule has 44 heavy (non-hydrogen) atoms. The molecule has 234 valence electrons. The van der Waals surface area contributed by atoms with Gasteiger partial charge in [0.25, 0.3) is 0 Å². The number of hydrogen-bond acceptors (Lipinski definition) is 7. The Balaban J connectivity index is 1.21. The number of allylic oxidation sites excluding steroid dienone is 2. The molecule has 4 rings (SSSR count). The fourth-order valence-electron chi connectivity index (χ4n) is 5.12. The van der Waals surface area contributed by atoms with Crippen molar-refractivity contribution in [2.45, 2.75) is 19.4 Å². The lowest BCUT2D eigenvalue weighted by Gasteiger charge is -2.39. The molecule has 0 spiro atoms. The van der Waals surface area contributed by atoms with Crippen LogP contribution in [-0.4, -0.2) is 82.3 Å². The third-order valence-electron chi connectivity index (χ3n) is 7.35. The lowest BCUT2D eigenvalue weighted by molar-refractivity contribution is -0.231. The molecule has 0 radical (unpaired) electrons. The molecule has 0 saturated carbocycles. The van der Waals surface area contributed by atoms with E-state index in [1.165, 1.54) is 24.3 Å². The van der Waals surface area contributed by atoms with Crippen molar-refractivity contribution in [3.63, 3.8) is 0 Å². The summed E-state index contributed by atoms with van der Waals surface area (Å²) < 4.78 is 21.7. The van der Waals surface area contributed by atoms with Crippen LogP contribution in [0.3, 0.4) is 0 Å². The molecule has 0 aromatic heterocycles. The summed E-state index contributed by atoms with van der Waals surface area (Å²) in [7, 11) is 3.09. The van der Waals surface area contributed by atoms with Crippen LogP contribution in [0.5, 0.6) is 11.5 Å². The summed E-state index contributed by atoms with van der Waals surface area (Å²) in [5, 5.41) is 3.74. The highest BCUT2D eigenvalue weighted by molar-refractivity contribution is 6.30. The van der Waals surface area contributed by atoms with E-state index in [1.807, 2.05) is 43.3 Å². The number of piperazine rings is 1. The first-order valence-corrected chi connectivity index (χ1v) is 15.3. The third kappa shape index (κ3) is 9.94. The van der Waals surface area contributed by atoms with Crippen molar-refractivity contribution < 1.29 is 23.7 Å². The van der Waals surface area contributed by atoms with Gasteiger partial charge in [-0.25, -0.2) is 0 Å². The molecular weight excluding hydrogens is 578 g/mol. The van der Waals surface area contributed by atoms with E-state index in [2.05, 4.69) is 57.6 Å². The zero-order chi connectivity index (χ0) is 31.1. The van der Waals surface area contributed by atoms with Gasteiger partial charge in [-0.2, -0.15) is 0 Å². The van der Waals surface area contributed by atoms with Gasteiger partial charge in [0.15, 0.2) is 11.5 Å². The zero-order valence-electron chi connectivity index (χ0n) is 25.7. The summed E-state index contributed by atoms with van der Waals surface area (Å²) in [4.78, 5) is 17.3. The Morgan fingerprint density at radius 3 is 2.34 bits per heavy atom. The van der Waals surface area contributed by atoms with Crippen LogP contribution in [0, 0.1) is 0 Å². The van der Waals surface area contributed by atoms with Gasteiger partial charge in [0.2, 0.25) is 5.91 Å². The third-order valence-corrected chi connectivity index (χ3v) is 7.61. The SMILES string of the molecule is CCOC(OC)Oc1ccc(C=CC=CC(=O)NCCN2CCN(C(c3ccccc3)c3ccc(Cl)cc3)CC2)cc1OC. The number of methoxy groups -OCH3 is 2. The predicted molar refractivity (Wildman–Crippen MR) is 175 cm³/mol. The van der Waals surface area contributed by atoms with Crippen molar-refractivity contribution in [2.75, 3.05) is 60.1 Å². The molecule has 0 aliphatic carbocycles. The monoisotopic (exact) mass is 619 g/mol. The number of carbonyl (C=O) groups is 1. The van der Waals surface area contributed by atoms with E-state index in [0.29, 0.717) is 24.7 Å². The fraction of sp³-hybridized carbons (Fsp3) is 0.343. The standard InChI is InChI=1S/C35H42ClN3O5/c1-4-43-35(42-3)44-31-19-14-27(26-32(31)41-2)10-8-9-13-33(40)37-20-21-38-22-24-39(25-23-38)34(28-11-6-5-7-12-28)29-15-17-30(36)18-16-29/h5-19,26,34-35H,4,20-25H2,1-3H3,(H,37,40). The molecule has 1 fully saturated rings. The average molecular weight is 620 g/mol. The molecule has 2 atom stereocenters. The maximum absolute atomic E-state index is 12.4. The molecule has 3 aromatic carbocycles. The second kappa shape index (κ2) is 17.6. The van der Waals surface area contributed by atoms with Crippen LogP contribution in [0.4, 0.5) is 0 Å². The van der Waals surface area contributed by atoms with Crippen molar-refractivity contribution in [3.8, 4) is 11.5 Å². The second-order valence-corrected chi connectivity index (χ2v) is 10.7. The van der Waals surface area contributed by atoms with E-state index in [4.69, 9.17) is 30.5 Å². The Labute approximate surface area is 265 Å². The smallest absolute Gasteiger partial charge is 0.315 e. The number of ether oxygens (including phenoxy) is 4. The number of nitrogens with one attached hydrogen (secondary N) is 1. The van der Waals surface area contributed by atoms with E-state index in [1.54, 1.807) is 19.3 Å². The highest BCUT2D eigenvalue weighted by Crippen LogP contribution is 2.31. The highest BCUT2D eigenvalue weighted by Gasteiger charge is 2.26. The Kier molecular flexibility index (Phi) is 13.3. The van der Waals surface area contributed by atoms with Gasteiger partial charge in [0.1, 0.15) is 0 Å². The van der Waals surface area contributed by atoms with Crippen molar-refractivity contribution in [1.29, 1.82) is 0 Å². The first kappa shape index (κ1) is 33.2. The van der Waals surface area contributed by atoms with Crippen LogP contribution >= 0.6 is 11.6 Å². The first-order chi connectivity index (χ1) is 21.5. The number of carbonyl (C=O) groups excluding carboxylic acids is 1. The summed E-state index contributed by atoms with van der Waals surface area (Å²) in [6, 6.07) is 24.5. The lowest BCUT2D eigenvalue weighted by atomic mass is 9.96. The summed E-state index contributed by atoms with van der Waals surface area (Å²) in [5.41, 5.74) is 3.42. The van der Waals surface area contributed by atoms with Crippen LogP contribution in [-0.2, 0) is 14.3 Å². The van der Waals surface area contributed by atoms with Crippen molar-refractivity contribution >= 4 is 23.6 Å². The lowest BCUT2D eigenvalue weighted by Crippen LogP contribution is -2.49. The number of hydrogen-bond donors (Lipinski definition) is 1. The van der Waals surface area contributed by atoms with Gasteiger partial charge in [-0.1, -0.05) is 78.4 Å². The molecule has 3 aromatic rings. The molecule has 1 saturated heterocycles. The van der Waals surface area contributed by atoms with Gasteiger partial charge in [0, 0.05) is 57.5 Å². The molecule has 1 N–H and O–H groups in total. The number of benzene rings is 3.